The number of hydrogen-bond donors (Lipinski definition) is 2. The number of alkyl halides is 3. The van der Waals surface area contributed by atoms with Crippen molar-refractivity contribution >= 4 is 21.7 Å². The van der Waals surface area contributed by atoms with Crippen LogP contribution in [0.4, 0.5) is 19.0 Å². The van der Waals surface area contributed by atoms with E-state index in [0.717, 1.165) is 20.3 Å². The SMILES string of the molecule is Cc1[nH][n+](C)cc1S(=O)(=O)NC(=O)c1ccc(-n2ccc(OCC(C)(C)C(F)(F)F)n2)nc1N1C[C@@H](C)CC1(C)C. The van der Waals surface area contributed by atoms with Crippen LogP contribution in [0.15, 0.2) is 35.5 Å². The molecule has 15 heteroatoms. The monoisotopic (exact) mass is 598 g/mol. The number of pyridine rings is 1. The van der Waals surface area contributed by atoms with E-state index in [4.69, 9.17) is 4.74 Å². The second kappa shape index (κ2) is 10.3. The molecule has 0 radical (unpaired) electrons. The minimum absolute atomic E-state index is 0.0243. The van der Waals surface area contributed by atoms with Gasteiger partial charge in [-0.05, 0) is 59.1 Å². The Morgan fingerprint density at radius 3 is 2.51 bits per heavy atom. The Labute approximate surface area is 236 Å². The Morgan fingerprint density at radius 2 is 1.95 bits per heavy atom. The zero-order chi connectivity index (χ0) is 30.5. The molecule has 3 aromatic heterocycles. The lowest BCUT2D eigenvalue weighted by Gasteiger charge is -2.34. The molecule has 1 atom stereocenters. The third-order valence-corrected chi connectivity index (χ3v) is 8.57. The smallest absolute Gasteiger partial charge is 0.397 e. The van der Waals surface area contributed by atoms with E-state index in [1.807, 2.05) is 18.7 Å². The second-order valence-electron chi connectivity index (χ2n) is 11.8. The van der Waals surface area contributed by atoms with Crippen LogP contribution in [-0.4, -0.2) is 59.1 Å². The number of amides is 1. The van der Waals surface area contributed by atoms with Gasteiger partial charge in [-0.1, -0.05) is 6.92 Å². The van der Waals surface area contributed by atoms with Crippen molar-refractivity contribution in [2.75, 3.05) is 18.1 Å². The molecule has 224 valence electrons. The topological polar surface area (TPSA) is 126 Å². The number of anilines is 1. The number of carbonyl (C=O) groups excluding carboxylic acids is 1. The molecule has 0 aromatic carbocycles. The highest BCUT2D eigenvalue weighted by molar-refractivity contribution is 7.90. The molecule has 2 N–H and O–H groups in total. The molecule has 0 aliphatic carbocycles. The van der Waals surface area contributed by atoms with Crippen LogP contribution >= 0.6 is 0 Å². The molecule has 11 nitrogen and oxygen atoms in total. The highest BCUT2D eigenvalue weighted by Crippen LogP contribution is 2.39. The van der Waals surface area contributed by atoms with Gasteiger partial charge in [0.1, 0.15) is 12.4 Å². The molecule has 41 heavy (non-hydrogen) atoms. The van der Waals surface area contributed by atoms with Gasteiger partial charge in [0.25, 0.3) is 15.9 Å². The fourth-order valence-electron chi connectivity index (χ4n) is 4.88. The van der Waals surface area contributed by atoms with Gasteiger partial charge >= 0.3 is 6.18 Å². The molecule has 4 heterocycles. The Hall–Kier alpha value is -3.62. The van der Waals surface area contributed by atoms with Crippen LogP contribution in [0.5, 0.6) is 5.88 Å². The zero-order valence-corrected chi connectivity index (χ0v) is 24.8. The zero-order valence-electron chi connectivity index (χ0n) is 24.0. The lowest BCUT2D eigenvalue weighted by Crippen LogP contribution is -2.41. The molecule has 3 aromatic rings. The standard InChI is InChI=1S/C26H34F3N7O4S/c1-16-12-25(5,6)35(13-16)22-18(23(37)33-41(38,39)19-14-34(7)31-17(19)2)8-9-20(30-22)36-11-10-21(32-36)40-15-24(3,4)26(27,28)29/h8-11,14,16H,12-13,15H2,1-7H3,(H,33,37)/p+1/t16-/m0/s1. The maximum Gasteiger partial charge on any atom is 0.397 e. The maximum absolute atomic E-state index is 13.4. The minimum Gasteiger partial charge on any atom is -0.476 e. The van der Waals surface area contributed by atoms with Crippen molar-refractivity contribution in [1.29, 1.82) is 0 Å². The van der Waals surface area contributed by atoms with Crippen molar-refractivity contribution in [2.45, 2.75) is 64.6 Å². The van der Waals surface area contributed by atoms with Gasteiger partial charge in [-0.2, -0.15) is 18.3 Å². The Kier molecular flexibility index (Phi) is 7.65. The summed E-state index contributed by atoms with van der Waals surface area (Å²) in [6, 6.07) is 4.36. The first kappa shape index (κ1) is 30.3. The lowest BCUT2D eigenvalue weighted by molar-refractivity contribution is -0.727. The molecule has 1 aliphatic heterocycles. The molecule has 0 saturated carbocycles. The van der Waals surface area contributed by atoms with Crippen molar-refractivity contribution in [1.82, 2.24) is 24.6 Å². The Balaban J connectivity index is 1.68. The number of hydrogen-bond acceptors (Lipinski definition) is 7. The molecule has 1 aliphatic rings. The number of rotatable bonds is 8. The molecule has 4 rings (SSSR count). The van der Waals surface area contributed by atoms with E-state index in [-0.39, 0.29) is 33.9 Å². The van der Waals surface area contributed by atoms with Crippen molar-refractivity contribution in [3.63, 3.8) is 0 Å². The summed E-state index contributed by atoms with van der Waals surface area (Å²) in [5.41, 5.74) is -2.06. The predicted molar refractivity (Wildman–Crippen MR) is 143 cm³/mol. The summed E-state index contributed by atoms with van der Waals surface area (Å²) in [4.78, 5) is 20.0. The summed E-state index contributed by atoms with van der Waals surface area (Å²) in [5, 5.41) is 7.05. The summed E-state index contributed by atoms with van der Waals surface area (Å²) in [7, 11) is -2.56. The van der Waals surface area contributed by atoms with Gasteiger partial charge in [-0.15, -0.1) is 9.78 Å². The molecule has 1 fully saturated rings. The quantitative estimate of drug-likeness (QED) is 0.381. The third-order valence-electron chi connectivity index (χ3n) is 7.12. The summed E-state index contributed by atoms with van der Waals surface area (Å²) in [5.74, 6) is -0.0650. The number of sulfonamides is 1. The number of ether oxygens (including phenoxy) is 1. The summed E-state index contributed by atoms with van der Waals surface area (Å²) in [6.45, 7) is 9.70. The predicted octanol–water partition coefficient (Wildman–Crippen LogP) is 3.44. The number of aromatic amines is 1. The van der Waals surface area contributed by atoms with E-state index in [1.165, 1.54) is 40.0 Å². The fraction of sp³-hybridized carbons (Fsp3) is 0.538. The summed E-state index contributed by atoms with van der Waals surface area (Å²) >= 11 is 0. The largest absolute Gasteiger partial charge is 0.476 e. The molecule has 0 unspecified atom stereocenters. The van der Waals surface area contributed by atoms with E-state index in [0.29, 0.717) is 12.2 Å². The van der Waals surface area contributed by atoms with Gasteiger partial charge in [0.05, 0.1) is 16.7 Å². The van der Waals surface area contributed by atoms with Crippen molar-refractivity contribution in [3.05, 3.63) is 41.9 Å². The number of carbonyl (C=O) groups is 1. The highest BCUT2D eigenvalue weighted by Gasteiger charge is 2.48. The molecular formula is C26H35F3N7O4S+. The van der Waals surface area contributed by atoms with Gasteiger partial charge < -0.3 is 9.64 Å². The van der Waals surface area contributed by atoms with Gasteiger partial charge in [0, 0.05) is 24.3 Å². The summed E-state index contributed by atoms with van der Waals surface area (Å²) < 4.78 is 76.0. The third kappa shape index (κ3) is 6.19. The average Bonchev–Trinajstić information content (AvgIpc) is 3.52. The van der Waals surface area contributed by atoms with Gasteiger partial charge in [0.2, 0.25) is 12.1 Å². The van der Waals surface area contributed by atoms with Crippen LogP contribution in [0.1, 0.15) is 57.1 Å². The van der Waals surface area contributed by atoms with E-state index in [1.54, 1.807) is 14.0 Å². The minimum atomic E-state index is -4.45. The van der Waals surface area contributed by atoms with Crippen LogP contribution < -0.4 is 19.0 Å². The van der Waals surface area contributed by atoms with Gasteiger partial charge in [0.15, 0.2) is 17.8 Å². The number of H-pyrrole nitrogens is 1. The number of aromatic nitrogens is 5. The Bertz CT molecular complexity index is 1560. The first-order valence-corrected chi connectivity index (χ1v) is 14.5. The molecule has 0 bridgehead atoms. The van der Waals surface area contributed by atoms with Crippen LogP contribution in [0.3, 0.4) is 0 Å². The van der Waals surface area contributed by atoms with Crippen LogP contribution in [0.2, 0.25) is 0 Å². The maximum atomic E-state index is 13.4. The van der Waals surface area contributed by atoms with Crippen LogP contribution in [0, 0.1) is 18.3 Å². The van der Waals surface area contributed by atoms with Gasteiger partial charge in [-0.25, -0.2) is 22.8 Å². The van der Waals surface area contributed by atoms with Crippen molar-refractivity contribution in [2.24, 2.45) is 18.4 Å². The normalized spacial score (nSPS) is 17.6. The van der Waals surface area contributed by atoms with Crippen LogP contribution in [-0.2, 0) is 17.1 Å². The van der Waals surface area contributed by atoms with Gasteiger partial charge in [-0.3, -0.25) is 4.79 Å². The molecule has 0 spiro atoms. The first-order chi connectivity index (χ1) is 18.8. The number of aryl methyl sites for hydroxylation is 2. The number of nitrogens with zero attached hydrogens (tertiary/aromatic N) is 5. The molecule has 1 saturated heterocycles. The van der Waals surface area contributed by atoms with Crippen molar-refractivity contribution in [3.8, 4) is 11.7 Å². The van der Waals surface area contributed by atoms with E-state index in [9.17, 15) is 26.4 Å². The first-order valence-electron chi connectivity index (χ1n) is 13.0. The van der Waals surface area contributed by atoms with Crippen molar-refractivity contribution < 1.29 is 35.8 Å². The van der Waals surface area contributed by atoms with E-state index >= 15 is 0 Å². The highest BCUT2D eigenvalue weighted by atomic mass is 32.2. The number of halogens is 3. The average molecular weight is 599 g/mol. The van der Waals surface area contributed by atoms with E-state index in [2.05, 4.69) is 26.8 Å². The lowest BCUT2D eigenvalue weighted by atomic mass is 9.94. The van der Waals surface area contributed by atoms with Crippen LogP contribution in [0.25, 0.3) is 5.82 Å². The Morgan fingerprint density at radius 1 is 1.27 bits per heavy atom. The number of nitrogens with one attached hydrogen (secondary N) is 2. The molecule has 1 amide bonds. The molecular weight excluding hydrogens is 563 g/mol. The second-order valence-corrected chi connectivity index (χ2v) is 13.5. The van der Waals surface area contributed by atoms with E-state index < -0.39 is 39.7 Å². The fourth-order valence-corrected chi connectivity index (χ4v) is 6.09. The summed E-state index contributed by atoms with van der Waals surface area (Å²) in [6.07, 6.45) is -0.788.